The van der Waals surface area contributed by atoms with E-state index < -0.39 is 12.7 Å². The number of benzene rings is 1. The summed E-state index contributed by atoms with van der Waals surface area (Å²) < 4.78 is 36.4. The van der Waals surface area contributed by atoms with E-state index in [2.05, 4.69) is 5.32 Å². The smallest absolute Gasteiger partial charge is 0.383 e. The third kappa shape index (κ3) is 5.72. The van der Waals surface area contributed by atoms with Crippen LogP contribution in [-0.2, 0) is 0 Å². The number of rotatable bonds is 6. The van der Waals surface area contributed by atoms with Crippen LogP contribution in [0.25, 0.3) is 0 Å². The van der Waals surface area contributed by atoms with E-state index in [1.54, 1.807) is 18.2 Å². The van der Waals surface area contributed by atoms with Gasteiger partial charge in [-0.15, -0.1) is 0 Å². The number of anilines is 1. The molecule has 112 valence electrons. The van der Waals surface area contributed by atoms with E-state index in [-0.39, 0.29) is 6.54 Å². The van der Waals surface area contributed by atoms with Crippen molar-refractivity contribution in [2.24, 2.45) is 0 Å². The number of hydrogen-bond acceptors (Lipinski definition) is 4. The maximum absolute atomic E-state index is 12.1. The van der Waals surface area contributed by atoms with Gasteiger partial charge < -0.3 is 5.32 Å². The summed E-state index contributed by atoms with van der Waals surface area (Å²) in [6, 6.07) is 8.73. The fourth-order valence-corrected chi connectivity index (χ4v) is 1.88. The average molecular weight is 296 g/mol. The first-order valence-corrected chi connectivity index (χ1v) is 6.29. The molecular weight excluding hydrogens is 281 g/mol. The molecule has 0 heterocycles. The zero-order valence-corrected chi connectivity index (χ0v) is 11.5. The van der Waals surface area contributed by atoms with Crippen molar-refractivity contribution >= 4 is 5.69 Å². The minimum absolute atomic E-state index is 0.267. The number of nitrogens with one attached hydrogen (secondary N) is 1. The zero-order valence-electron chi connectivity index (χ0n) is 11.5. The number of alkyl halides is 3. The normalized spacial score (nSPS) is 11.0. The molecule has 0 fully saturated rings. The van der Waals surface area contributed by atoms with E-state index in [1.165, 1.54) is 11.9 Å². The predicted octanol–water partition coefficient (Wildman–Crippen LogP) is 2.73. The van der Waals surface area contributed by atoms with Crippen LogP contribution in [-0.4, -0.2) is 37.8 Å². The van der Waals surface area contributed by atoms with E-state index in [0.29, 0.717) is 29.8 Å². The number of nitrogens with zero attached hydrogens (tertiary/aromatic N) is 3. The van der Waals surface area contributed by atoms with Crippen LogP contribution in [0.15, 0.2) is 18.2 Å². The molecule has 0 aliphatic heterocycles. The van der Waals surface area contributed by atoms with E-state index in [1.807, 2.05) is 12.1 Å². The summed E-state index contributed by atoms with van der Waals surface area (Å²) in [5.74, 6) is 0. The highest BCUT2D eigenvalue weighted by Crippen LogP contribution is 2.20. The van der Waals surface area contributed by atoms with Crippen LogP contribution in [0.4, 0.5) is 18.9 Å². The number of halogens is 3. The Morgan fingerprint density at radius 2 is 1.76 bits per heavy atom. The molecule has 0 amide bonds. The Kier molecular flexibility index (Phi) is 6.01. The van der Waals surface area contributed by atoms with Crippen molar-refractivity contribution in [1.82, 2.24) is 4.90 Å². The SMILES string of the molecule is CN(CCCNc1c(C#N)cccc1C#N)CC(F)(F)F. The van der Waals surface area contributed by atoms with Crippen molar-refractivity contribution in [1.29, 1.82) is 10.5 Å². The van der Waals surface area contributed by atoms with Crippen LogP contribution in [0.1, 0.15) is 17.5 Å². The molecule has 0 saturated carbocycles. The molecule has 0 saturated heterocycles. The van der Waals surface area contributed by atoms with Gasteiger partial charge in [-0.1, -0.05) is 6.07 Å². The second-order valence-electron chi connectivity index (χ2n) is 4.59. The summed E-state index contributed by atoms with van der Waals surface area (Å²) >= 11 is 0. The van der Waals surface area contributed by atoms with Gasteiger partial charge in [-0.25, -0.2) is 0 Å². The molecule has 1 aromatic rings. The van der Waals surface area contributed by atoms with Crippen LogP contribution in [0.2, 0.25) is 0 Å². The van der Waals surface area contributed by atoms with Gasteiger partial charge in [0.25, 0.3) is 0 Å². The maximum atomic E-state index is 12.1. The minimum Gasteiger partial charge on any atom is -0.383 e. The number of para-hydroxylation sites is 1. The van der Waals surface area contributed by atoms with E-state index in [9.17, 15) is 13.2 Å². The Balaban J connectivity index is 2.51. The molecule has 0 aliphatic carbocycles. The summed E-state index contributed by atoms with van der Waals surface area (Å²) in [5, 5.41) is 20.9. The zero-order chi connectivity index (χ0) is 15.9. The molecule has 7 heteroatoms. The topological polar surface area (TPSA) is 62.9 Å². The van der Waals surface area contributed by atoms with E-state index in [4.69, 9.17) is 10.5 Å². The monoisotopic (exact) mass is 296 g/mol. The van der Waals surface area contributed by atoms with Gasteiger partial charge in [-0.2, -0.15) is 23.7 Å². The standard InChI is InChI=1S/C14H15F3N4/c1-21(10-14(15,16)17)7-3-6-20-13-11(8-18)4-2-5-12(13)9-19/h2,4-5,20H,3,6-7,10H2,1H3. The first kappa shape index (κ1) is 16.8. The van der Waals surface area contributed by atoms with Crippen LogP contribution in [0.3, 0.4) is 0 Å². The fourth-order valence-electron chi connectivity index (χ4n) is 1.88. The lowest BCUT2D eigenvalue weighted by molar-refractivity contribution is -0.142. The highest BCUT2D eigenvalue weighted by Gasteiger charge is 2.28. The lowest BCUT2D eigenvalue weighted by Gasteiger charge is -2.18. The van der Waals surface area contributed by atoms with Gasteiger partial charge in [0.05, 0.1) is 23.4 Å². The summed E-state index contributed by atoms with van der Waals surface area (Å²) in [5.41, 5.74) is 1.12. The first-order valence-electron chi connectivity index (χ1n) is 6.29. The Bertz CT molecular complexity index is 523. The summed E-state index contributed by atoms with van der Waals surface area (Å²) in [6.45, 7) is -0.302. The molecule has 0 unspecified atom stereocenters. The van der Waals surface area contributed by atoms with E-state index in [0.717, 1.165) is 0 Å². The van der Waals surface area contributed by atoms with Gasteiger partial charge in [0.15, 0.2) is 0 Å². The molecule has 1 N–H and O–H groups in total. The summed E-state index contributed by atoms with van der Waals surface area (Å²) in [6.07, 6.45) is -3.74. The molecule has 0 aliphatic rings. The fraction of sp³-hybridized carbons (Fsp3) is 0.429. The van der Waals surface area contributed by atoms with Crippen molar-refractivity contribution in [2.75, 3.05) is 32.0 Å². The molecule has 1 rings (SSSR count). The van der Waals surface area contributed by atoms with Crippen LogP contribution >= 0.6 is 0 Å². The molecule has 0 atom stereocenters. The molecule has 21 heavy (non-hydrogen) atoms. The molecular formula is C14H15F3N4. The Morgan fingerprint density at radius 3 is 2.24 bits per heavy atom. The molecule has 4 nitrogen and oxygen atoms in total. The van der Waals surface area contributed by atoms with Crippen LogP contribution < -0.4 is 5.32 Å². The van der Waals surface area contributed by atoms with Crippen molar-refractivity contribution in [3.8, 4) is 12.1 Å². The maximum Gasteiger partial charge on any atom is 0.401 e. The highest BCUT2D eigenvalue weighted by molar-refractivity contribution is 5.66. The predicted molar refractivity (Wildman–Crippen MR) is 72.5 cm³/mol. The Labute approximate surface area is 121 Å². The Hall–Kier alpha value is -2.25. The first-order chi connectivity index (χ1) is 9.87. The van der Waals surface area contributed by atoms with Crippen molar-refractivity contribution in [2.45, 2.75) is 12.6 Å². The lowest BCUT2D eigenvalue weighted by Crippen LogP contribution is -2.32. The number of nitriles is 2. The Morgan fingerprint density at radius 1 is 1.19 bits per heavy atom. The van der Waals surface area contributed by atoms with Gasteiger partial charge in [0.1, 0.15) is 12.1 Å². The largest absolute Gasteiger partial charge is 0.401 e. The third-order valence-corrected chi connectivity index (χ3v) is 2.77. The van der Waals surface area contributed by atoms with Gasteiger partial charge in [-0.3, -0.25) is 4.90 Å². The number of hydrogen-bond donors (Lipinski definition) is 1. The van der Waals surface area contributed by atoms with Crippen LogP contribution in [0, 0.1) is 22.7 Å². The second-order valence-corrected chi connectivity index (χ2v) is 4.59. The van der Waals surface area contributed by atoms with Gasteiger partial charge in [0, 0.05) is 6.54 Å². The molecule has 0 spiro atoms. The van der Waals surface area contributed by atoms with Gasteiger partial charge in [-0.05, 0) is 32.1 Å². The summed E-state index contributed by atoms with van der Waals surface area (Å²) in [7, 11) is 1.40. The van der Waals surface area contributed by atoms with Crippen molar-refractivity contribution < 1.29 is 13.2 Å². The average Bonchev–Trinajstić information content (AvgIpc) is 2.41. The van der Waals surface area contributed by atoms with Gasteiger partial charge in [0.2, 0.25) is 0 Å². The third-order valence-electron chi connectivity index (χ3n) is 2.77. The highest BCUT2D eigenvalue weighted by atomic mass is 19.4. The molecule has 0 bridgehead atoms. The molecule has 0 radical (unpaired) electrons. The van der Waals surface area contributed by atoms with Gasteiger partial charge >= 0.3 is 6.18 Å². The minimum atomic E-state index is -4.20. The van der Waals surface area contributed by atoms with E-state index >= 15 is 0 Å². The molecule has 0 aromatic heterocycles. The summed E-state index contributed by atoms with van der Waals surface area (Å²) in [4.78, 5) is 1.18. The van der Waals surface area contributed by atoms with Crippen molar-refractivity contribution in [3.05, 3.63) is 29.3 Å². The van der Waals surface area contributed by atoms with Crippen LogP contribution in [0.5, 0.6) is 0 Å². The lowest BCUT2D eigenvalue weighted by atomic mass is 10.1. The van der Waals surface area contributed by atoms with Crippen molar-refractivity contribution in [3.63, 3.8) is 0 Å². The molecule has 1 aromatic carbocycles. The second kappa shape index (κ2) is 7.51. The quantitative estimate of drug-likeness (QED) is 0.820.